The predicted molar refractivity (Wildman–Crippen MR) is 111 cm³/mol. The van der Waals surface area contributed by atoms with Gasteiger partial charge in [0.1, 0.15) is 5.54 Å². The van der Waals surface area contributed by atoms with Gasteiger partial charge in [-0.25, -0.2) is 9.69 Å². The predicted octanol–water partition coefficient (Wildman–Crippen LogP) is 1.97. The Morgan fingerprint density at radius 2 is 2.15 bits per heavy atom. The molecule has 0 aromatic heterocycles. The molecule has 26 heavy (non-hydrogen) atoms. The number of nitrogens with zero attached hydrogens (tertiary/aromatic N) is 2. The van der Waals surface area contributed by atoms with Crippen LogP contribution in [0.5, 0.6) is 0 Å². The van der Waals surface area contributed by atoms with E-state index in [9.17, 15) is 9.59 Å². The van der Waals surface area contributed by atoms with E-state index in [1.807, 2.05) is 25.1 Å². The minimum Gasteiger partial charge on any atom is -0.356 e. The van der Waals surface area contributed by atoms with Gasteiger partial charge in [0.2, 0.25) is 0 Å². The molecule has 0 spiro atoms. The molecule has 0 bridgehead atoms. The average Bonchev–Trinajstić information content (AvgIpc) is 3.44. The number of amides is 3. The highest BCUT2D eigenvalue weighted by molar-refractivity contribution is 14.0. The molecule has 2 fully saturated rings. The summed E-state index contributed by atoms with van der Waals surface area (Å²) in [4.78, 5) is 30.9. The third-order valence-corrected chi connectivity index (χ3v) is 5.14. The molecule has 0 radical (unpaired) electrons. The summed E-state index contributed by atoms with van der Waals surface area (Å²) < 4.78 is 0. The third kappa shape index (κ3) is 3.51. The van der Waals surface area contributed by atoms with Crippen molar-refractivity contribution >= 4 is 47.6 Å². The standard InChI is InChI=1S/C18H23N5O2.HI/c1-18(13-6-7-13)15(24)23(17(25)22-18)14-5-2-4-12(10-14)11-21-16-19-8-3-9-20-16;/h2,4-5,10,13H,3,6-9,11H2,1H3,(H,22,25)(H2,19,20,21);1H. The number of guanidine groups is 1. The molecule has 3 N–H and O–H groups in total. The second-order valence-corrected chi connectivity index (χ2v) is 7.08. The Balaban J connectivity index is 0.00000196. The second-order valence-electron chi connectivity index (χ2n) is 7.08. The molecule has 8 heteroatoms. The largest absolute Gasteiger partial charge is 0.356 e. The van der Waals surface area contributed by atoms with Gasteiger partial charge in [-0.1, -0.05) is 12.1 Å². The van der Waals surface area contributed by atoms with Crippen molar-refractivity contribution in [2.75, 3.05) is 18.0 Å². The van der Waals surface area contributed by atoms with Gasteiger partial charge in [0.05, 0.1) is 5.69 Å². The fraction of sp³-hybridized carbons (Fsp3) is 0.500. The zero-order valence-corrected chi connectivity index (χ0v) is 17.1. The van der Waals surface area contributed by atoms with E-state index >= 15 is 0 Å². The Morgan fingerprint density at radius 3 is 2.85 bits per heavy atom. The monoisotopic (exact) mass is 469 g/mol. The zero-order chi connectivity index (χ0) is 17.4. The first-order valence-corrected chi connectivity index (χ1v) is 8.86. The van der Waals surface area contributed by atoms with Crippen LogP contribution in [0.25, 0.3) is 0 Å². The van der Waals surface area contributed by atoms with Crippen LogP contribution in [0.15, 0.2) is 29.3 Å². The van der Waals surface area contributed by atoms with Gasteiger partial charge < -0.3 is 16.0 Å². The summed E-state index contributed by atoms with van der Waals surface area (Å²) >= 11 is 0. The molecule has 2 aliphatic heterocycles. The summed E-state index contributed by atoms with van der Waals surface area (Å²) in [5, 5.41) is 9.36. The first kappa shape index (κ1) is 18.9. The molecule has 1 atom stereocenters. The van der Waals surface area contributed by atoms with E-state index in [1.54, 1.807) is 6.07 Å². The van der Waals surface area contributed by atoms with Crippen molar-refractivity contribution in [3.63, 3.8) is 0 Å². The number of rotatable bonds is 4. The van der Waals surface area contributed by atoms with Crippen LogP contribution >= 0.6 is 24.0 Å². The van der Waals surface area contributed by atoms with Gasteiger partial charge in [-0.05, 0) is 49.8 Å². The van der Waals surface area contributed by atoms with Gasteiger partial charge in [-0.15, -0.1) is 24.0 Å². The topological polar surface area (TPSA) is 85.8 Å². The first-order chi connectivity index (χ1) is 12.1. The SMILES string of the molecule is CC1(C2CC2)NC(=O)N(c2cccc(CNC3=NCCCN3)c2)C1=O.I. The van der Waals surface area contributed by atoms with Crippen LogP contribution in [-0.2, 0) is 11.3 Å². The number of imide groups is 1. The van der Waals surface area contributed by atoms with Crippen LogP contribution < -0.4 is 20.9 Å². The van der Waals surface area contributed by atoms with E-state index < -0.39 is 5.54 Å². The maximum atomic E-state index is 12.8. The van der Waals surface area contributed by atoms with Crippen LogP contribution in [0.3, 0.4) is 0 Å². The van der Waals surface area contributed by atoms with Gasteiger partial charge in [-0.3, -0.25) is 9.79 Å². The maximum Gasteiger partial charge on any atom is 0.329 e. The van der Waals surface area contributed by atoms with Gasteiger partial charge in [-0.2, -0.15) is 0 Å². The molecule has 1 aromatic rings. The van der Waals surface area contributed by atoms with E-state index in [4.69, 9.17) is 0 Å². The molecule has 3 aliphatic rings. The second kappa shape index (κ2) is 7.42. The number of hydrogen-bond acceptors (Lipinski definition) is 5. The quantitative estimate of drug-likeness (QED) is 0.465. The maximum absolute atomic E-state index is 12.8. The lowest BCUT2D eigenvalue weighted by atomic mass is 9.96. The lowest BCUT2D eigenvalue weighted by Crippen LogP contribution is -2.46. The number of urea groups is 1. The molecule has 1 aromatic carbocycles. The van der Waals surface area contributed by atoms with E-state index in [2.05, 4.69) is 20.9 Å². The molecule has 1 saturated carbocycles. The van der Waals surface area contributed by atoms with Crippen molar-refractivity contribution in [3.8, 4) is 0 Å². The number of benzene rings is 1. The summed E-state index contributed by atoms with van der Waals surface area (Å²) in [5.74, 6) is 0.908. The highest BCUT2D eigenvalue weighted by Gasteiger charge is 2.56. The van der Waals surface area contributed by atoms with Gasteiger partial charge >= 0.3 is 6.03 Å². The Morgan fingerprint density at radius 1 is 1.35 bits per heavy atom. The van der Waals surface area contributed by atoms with Crippen LogP contribution in [-0.4, -0.2) is 36.5 Å². The molecule has 1 unspecified atom stereocenters. The minimum atomic E-state index is -0.758. The number of hydrogen-bond donors (Lipinski definition) is 3. The Labute approximate surface area is 170 Å². The molecular formula is C18H24IN5O2. The van der Waals surface area contributed by atoms with Crippen LogP contribution in [0.2, 0.25) is 0 Å². The smallest absolute Gasteiger partial charge is 0.329 e. The highest BCUT2D eigenvalue weighted by atomic mass is 127. The van der Waals surface area contributed by atoms with E-state index in [0.717, 1.165) is 43.9 Å². The number of halogens is 1. The van der Waals surface area contributed by atoms with Gasteiger partial charge in [0, 0.05) is 19.6 Å². The highest BCUT2D eigenvalue weighted by Crippen LogP contribution is 2.43. The van der Waals surface area contributed by atoms with E-state index in [0.29, 0.717) is 12.2 Å². The molecule has 7 nitrogen and oxygen atoms in total. The number of carbonyl (C=O) groups excluding carboxylic acids is 2. The lowest BCUT2D eigenvalue weighted by Gasteiger charge is -2.21. The molecule has 2 heterocycles. The zero-order valence-electron chi connectivity index (χ0n) is 14.7. The summed E-state index contributed by atoms with van der Waals surface area (Å²) in [5.41, 5.74) is 0.851. The molecule has 3 amide bonds. The van der Waals surface area contributed by atoms with Crippen molar-refractivity contribution in [3.05, 3.63) is 29.8 Å². The number of carbonyl (C=O) groups is 2. The van der Waals surface area contributed by atoms with Crippen molar-refractivity contribution < 1.29 is 9.59 Å². The van der Waals surface area contributed by atoms with E-state index in [-0.39, 0.29) is 41.8 Å². The van der Waals surface area contributed by atoms with Crippen molar-refractivity contribution in [2.45, 2.75) is 38.3 Å². The molecule has 4 rings (SSSR count). The van der Waals surface area contributed by atoms with Gasteiger partial charge in [0.25, 0.3) is 5.91 Å². The molecule has 140 valence electrons. The molecular weight excluding hydrogens is 445 g/mol. The Bertz CT molecular complexity index is 749. The number of aliphatic imine (C=N–C) groups is 1. The summed E-state index contributed by atoms with van der Waals surface area (Å²) in [6, 6.07) is 7.19. The number of nitrogens with one attached hydrogen (secondary N) is 3. The third-order valence-electron chi connectivity index (χ3n) is 5.14. The van der Waals surface area contributed by atoms with Gasteiger partial charge in [0.15, 0.2) is 5.96 Å². The normalized spacial score (nSPS) is 25.1. The summed E-state index contributed by atoms with van der Waals surface area (Å²) in [6.45, 7) is 4.18. The van der Waals surface area contributed by atoms with Crippen LogP contribution in [0, 0.1) is 5.92 Å². The van der Waals surface area contributed by atoms with E-state index in [1.165, 1.54) is 4.90 Å². The molecule has 1 aliphatic carbocycles. The lowest BCUT2D eigenvalue weighted by molar-refractivity contribution is -0.122. The summed E-state index contributed by atoms with van der Waals surface area (Å²) in [6.07, 6.45) is 3.04. The van der Waals surface area contributed by atoms with Crippen molar-refractivity contribution in [1.82, 2.24) is 16.0 Å². The van der Waals surface area contributed by atoms with Crippen LogP contribution in [0.1, 0.15) is 31.7 Å². The summed E-state index contributed by atoms with van der Waals surface area (Å²) in [7, 11) is 0. The fourth-order valence-electron chi connectivity index (χ4n) is 3.47. The minimum absolute atomic E-state index is 0. The molecule has 1 saturated heterocycles. The first-order valence-electron chi connectivity index (χ1n) is 8.86. The van der Waals surface area contributed by atoms with Crippen molar-refractivity contribution in [1.29, 1.82) is 0 Å². The fourth-order valence-corrected chi connectivity index (χ4v) is 3.47. The van der Waals surface area contributed by atoms with Crippen molar-refractivity contribution in [2.24, 2.45) is 10.9 Å². The average molecular weight is 469 g/mol. The Kier molecular flexibility index (Phi) is 5.40. The Hall–Kier alpha value is -1.84. The number of anilines is 1. The van der Waals surface area contributed by atoms with Crippen LogP contribution in [0.4, 0.5) is 10.5 Å².